The van der Waals surface area contributed by atoms with Crippen molar-refractivity contribution in [2.24, 2.45) is 0 Å². The Morgan fingerprint density at radius 2 is 1.68 bits per heavy atom. The van der Waals surface area contributed by atoms with E-state index < -0.39 is 0 Å². The van der Waals surface area contributed by atoms with Gasteiger partial charge in [0.15, 0.2) is 0 Å². The zero-order valence-corrected chi connectivity index (χ0v) is 11.2. The Bertz CT molecular complexity index is 468. The maximum atomic E-state index is 5.55. The Labute approximate surface area is 114 Å². The van der Waals surface area contributed by atoms with E-state index in [4.69, 9.17) is 4.74 Å². The first-order valence-electron chi connectivity index (χ1n) is 6.64. The average Bonchev–Trinajstić information content (AvgIpc) is 2.47. The Morgan fingerprint density at radius 3 is 2.37 bits per heavy atom. The van der Waals surface area contributed by atoms with Crippen molar-refractivity contribution in [1.29, 1.82) is 0 Å². The first-order valence-corrected chi connectivity index (χ1v) is 6.64. The van der Waals surface area contributed by atoms with E-state index in [1.165, 1.54) is 5.56 Å². The van der Waals surface area contributed by atoms with Crippen molar-refractivity contribution in [3.05, 3.63) is 60.2 Å². The topological polar surface area (TPSA) is 33.3 Å². The summed E-state index contributed by atoms with van der Waals surface area (Å²) in [5.74, 6) is 0.932. The van der Waals surface area contributed by atoms with Crippen molar-refractivity contribution in [2.75, 3.05) is 12.0 Å². The first-order chi connectivity index (χ1) is 9.38. The lowest BCUT2D eigenvalue weighted by Crippen LogP contribution is -2.20. The number of hydrogen-bond donors (Lipinski definition) is 2. The minimum absolute atomic E-state index is 0.767. The number of para-hydroxylation sites is 1. The molecule has 0 heterocycles. The van der Waals surface area contributed by atoms with Crippen LogP contribution in [0.25, 0.3) is 0 Å². The number of hydrazine groups is 1. The number of benzene rings is 2. The molecule has 3 nitrogen and oxygen atoms in total. The van der Waals surface area contributed by atoms with Crippen LogP contribution in [-0.4, -0.2) is 6.61 Å². The SMILES string of the molecule is CCCOc1ccc(CNNc2ccccc2)cc1. The van der Waals surface area contributed by atoms with Crippen LogP contribution < -0.4 is 15.6 Å². The van der Waals surface area contributed by atoms with Crippen molar-refractivity contribution in [1.82, 2.24) is 5.43 Å². The first kappa shape index (κ1) is 13.4. The standard InChI is InChI=1S/C16H20N2O/c1-2-12-19-16-10-8-14(9-11-16)13-17-18-15-6-4-3-5-7-15/h3-11,17-18H,2,12-13H2,1H3. The number of hydrogen-bond acceptors (Lipinski definition) is 3. The molecule has 0 saturated heterocycles. The van der Waals surface area contributed by atoms with Gasteiger partial charge in [0.05, 0.1) is 6.61 Å². The average molecular weight is 256 g/mol. The lowest BCUT2D eigenvalue weighted by molar-refractivity contribution is 0.317. The molecule has 0 aliphatic rings. The molecule has 0 aromatic heterocycles. The second-order valence-corrected chi connectivity index (χ2v) is 4.34. The number of rotatable bonds is 7. The van der Waals surface area contributed by atoms with Crippen LogP contribution in [0.1, 0.15) is 18.9 Å². The number of nitrogens with one attached hydrogen (secondary N) is 2. The highest BCUT2D eigenvalue weighted by atomic mass is 16.5. The van der Waals surface area contributed by atoms with E-state index >= 15 is 0 Å². The summed E-state index contributed by atoms with van der Waals surface area (Å²) >= 11 is 0. The Kier molecular flexibility index (Phi) is 5.26. The van der Waals surface area contributed by atoms with Crippen molar-refractivity contribution in [3.63, 3.8) is 0 Å². The zero-order chi connectivity index (χ0) is 13.3. The predicted octanol–water partition coefficient (Wildman–Crippen LogP) is 3.59. The summed E-state index contributed by atoms with van der Waals surface area (Å²) in [6, 6.07) is 18.2. The van der Waals surface area contributed by atoms with Crippen LogP contribution in [0, 0.1) is 0 Å². The molecule has 0 fully saturated rings. The Hall–Kier alpha value is -2.00. The van der Waals surface area contributed by atoms with Crippen molar-refractivity contribution < 1.29 is 4.74 Å². The minimum Gasteiger partial charge on any atom is -0.494 e. The second-order valence-electron chi connectivity index (χ2n) is 4.34. The molecule has 3 heteroatoms. The molecule has 100 valence electrons. The molecule has 0 amide bonds. The molecule has 0 spiro atoms. The van der Waals surface area contributed by atoms with E-state index in [-0.39, 0.29) is 0 Å². The predicted molar refractivity (Wildman–Crippen MR) is 79.1 cm³/mol. The molecule has 0 bridgehead atoms. The molecule has 0 aliphatic carbocycles. The Morgan fingerprint density at radius 1 is 0.947 bits per heavy atom. The van der Waals surface area contributed by atoms with Gasteiger partial charge in [-0.25, -0.2) is 5.43 Å². The van der Waals surface area contributed by atoms with E-state index in [0.717, 1.165) is 31.0 Å². The van der Waals surface area contributed by atoms with Gasteiger partial charge in [0, 0.05) is 12.2 Å². The van der Waals surface area contributed by atoms with Crippen molar-refractivity contribution >= 4 is 5.69 Å². The van der Waals surface area contributed by atoms with Gasteiger partial charge in [0.2, 0.25) is 0 Å². The van der Waals surface area contributed by atoms with E-state index in [1.54, 1.807) is 0 Å². The van der Waals surface area contributed by atoms with E-state index in [2.05, 4.69) is 29.9 Å². The molecule has 0 aliphatic heterocycles. The van der Waals surface area contributed by atoms with E-state index in [0.29, 0.717) is 0 Å². The fourth-order valence-electron chi connectivity index (χ4n) is 1.69. The van der Waals surface area contributed by atoms with Gasteiger partial charge in [0.25, 0.3) is 0 Å². The quantitative estimate of drug-likeness (QED) is 0.743. The van der Waals surface area contributed by atoms with Crippen LogP contribution in [0.3, 0.4) is 0 Å². The molecule has 19 heavy (non-hydrogen) atoms. The van der Waals surface area contributed by atoms with Crippen LogP contribution in [0.4, 0.5) is 5.69 Å². The van der Waals surface area contributed by atoms with Gasteiger partial charge in [-0.1, -0.05) is 37.3 Å². The summed E-state index contributed by atoms with van der Waals surface area (Å²) in [6.45, 7) is 3.64. The molecule has 0 unspecified atom stereocenters. The van der Waals surface area contributed by atoms with Gasteiger partial charge in [-0.05, 0) is 36.2 Å². The molecule has 0 atom stereocenters. The fraction of sp³-hybridized carbons (Fsp3) is 0.250. The van der Waals surface area contributed by atoms with Crippen LogP contribution in [0.5, 0.6) is 5.75 Å². The summed E-state index contributed by atoms with van der Waals surface area (Å²) in [6.07, 6.45) is 1.03. The molecule has 0 saturated carbocycles. The molecule has 2 aromatic rings. The normalized spacial score (nSPS) is 10.2. The highest BCUT2D eigenvalue weighted by Gasteiger charge is 1.95. The van der Waals surface area contributed by atoms with E-state index in [1.807, 2.05) is 42.5 Å². The third kappa shape index (κ3) is 4.64. The van der Waals surface area contributed by atoms with Crippen LogP contribution >= 0.6 is 0 Å². The number of anilines is 1. The van der Waals surface area contributed by atoms with E-state index in [9.17, 15) is 0 Å². The molecule has 2 rings (SSSR count). The summed E-state index contributed by atoms with van der Waals surface area (Å²) in [5.41, 5.74) is 8.63. The lowest BCUT2D eigenvalue weighted by Gasteiger charge is -2.09. The molecule has 2 aromatic carbocycles. The summed E-state index contributed by atoms with van der Waals surface area (Å²) in [4.78, 5) is 0. The smallest absolute Gasteiger partial charge is 0.119 e. The maximum absolute atomic E-state index is 5.55. The van der Waals surface area contributed by atoms with Gasteiger partial charge in [-0.3, -0.25) is 0 Å². The largest absolute Gasteiger partial charge is 0.494 e. The van der Waals surface area contributed by atoms with Crippen LogP contribution in [0.15, 0.2) is 54.6 Å². The zero-order valence-electron chi connectivity index (χ0n) is 11.2. The Balaban J connectivity index is 1.77. The van der Waals surface area contributed by atoms with Crippen LogP contribution in [-0.2, 0) is 6.54 Å². The van der Waals surface area contributed by atoms with Gasteiger partial charge < -0.3 is 10.2 Å². The third-order valence-electron chi connectivity index (χ3n) is 2.70. The molecule has 0 radical (unpaired) electrons. The summed E-state index contributed by atoms with van der Waals surface area (Å²) in [5, 5.41) is 0. The summed E-state index contributed by atoms with van der Waals surface area (Å²) in [7, 11) is 0. The number of ether oxygens (including phenoxy) is 1. The summed E-state index contributed by atoms with van der Waals surface area (Å²) < 4.78 is 5.55. The van der Waals surface area contributed by atoms with Gasteiger partial charge >= 0.3 is 0 Å². The van der Waals surface area contributed by atoms with Gasteiger partial charge in [-0.15, -0.1) is 0 Å². The molecule has 2 N–H and O–H groups in total. The van der Waals surface area contributed by atoms with Crippen molar-refractivity contribution in [3.8, 4) is 5.75 Å². The highest BCUT2D eigenvalue weighted by Crippen LogP contribution is 2.12. The maximum Gasteiger partial charge on any atom is 0.119 e. The van der Waals surface area contributed by atoms with Gasteiger partial charge in [-0.2, -0.15) is 0 Å². The fourth-order valence-corrected chi connectivity index (χ4v) is 1.69. The molecular weight excluding hydrogens is 236 g/mol. The third-order valence-corrected chi connectivity index (χ3v) is 2.70. The van der Waals surface area contributed by atoms with Crippen LogP contribution in [0.2, 0.25) is 0 Å². The molecular formula is C16H20N2O. The lowest BCUT2D eigenvalue weighted by atomic mass is 10.2. The monoisotopic (exact) mass is 256 g/mol. The van der Waals surface area contributed by atoms with Crippen molar-refractivity contribution in [2.45, 2.75) is 19.9 Å². The minimum atomic E-state index is 0.767. The second kappa shape index (κ2) is 7.44. The highest BCUT2D eigenvalue weighted by molar-refractivity contribution is 5.41. The van der Waals surface area contributed by atoms with Gasteiger partial charge in [0.1, 0.15) is 5.75 Å².